The predicted octanol–water partition coefficient (Wildman–Crippen LogP) is 3.07. The molecule has 2 atom stereocenters. The van der Waals surface area contributed by atoms with E-state index in [0.717, 1.165) is 13.1 Å². The van der Waals surface area contributed by atoms with E-state index in [1.807, 2.05) is 18.5 Å². The predicted molar refractivity (Wildman–Crippen MR) is 82.2 cm³/mol. The normalized spacial score (nSPS) is 14.6. The van der Waals surface area contributed by atoms with E-state index >= 15 is 0 Å². The molecule has 1 N–H and O–H groups in total. The van der Waals surface area contributed by atoms with Crippen LogP contribution in [-0.4, -0.2) is 35.6 Å². The van der Waals surface area contributed by atoms with Crippen molar-refractivity contribution in [2.45, 2.75) is 58.7 Å². The van der Waals surface area contributed by atoms with Gasteiger partial charge in [0.1, 0.15) is 0 Å². The van der Waals surface area contributed by atoms with Crippen LogP contribution in [0.5, 0.6) is 0 Å². The topological polar surface area (TPSA) is 28.2 Å². The zero-order chi connectivity index (χ0) is 14.1. The first-order valence-corrected chi connectivity index (χ1v) is 7.55. The number of aromatic nitrogens is 1. The summed E-state index contributed by atoms with van der Waals surface area (Å²) in [5.41, 5.74) is 1.29. The van der Waals surface area contributed by atoms with E-state index in [-0.39, 0.29) is 0 Å². The molecule has 1 heterocycles. The Hall–Kier alpha value is -0.930. The van der Waals surface area contributed by atoms with Crippen LogP contribution in [0.3, 0.4) is 0 Å². The first kappa shape index (κ1) is 16.1. The zero-order valence-corrected chi connectivity index (χ0v) is 12.9. The van der Waals surface area contributed by atoms with Crippen molar-refractivity contribution < 1.29 is 0 Å². The number of rotatable bonds is 9. The quantitative estimate of drug-likeness (QED) is 0.742. The summed E-state index contributed by atoms with van der Waals surface area (Å²) in [5, 5.41) is 3.64. The van der Waals surface area contributed by atoms with Gasteiger partial charge in [-0.2, -0.15) is 0 Å². The zero-order valence-electron chi connectivity index (χ0n) is 12.9. The Labute approximate surface area is 118 Å². The molecule has 2 unspecified atom stereocenters. The Bertz CT molecular complexity index is 320. The highest BCUT2D eigenvalue weighted by atomic mass is 15.2. The molecular weight excluding hydrogens is 234 g/mol. The molecule has 0 aliphatic carbocycles. The first-order valence-electron chi connectivity index (χ1n) is 7.55. The van der Waals surface area contributed by atoms with Crippen molar-refractivity contribution in [2.75, 3.05) is 13.6 Å². The van der Waals surface area contributed by atoms with E-state index in [0.29, 0.717) is 12.1 Å². The van der Waals surface area contributed by atoms with Crippen LogP contribution >= 0.6 is 0 Å². The van der Waals surface area contributed by atoms with Crippen LogP contribution < -0.4 is 5.32 Å². The minimum absolute atomic E-state index is 0.583. The summed E-state index contributed by atoms with van der Waals surface area (Å²) in [7, 11) is 2.22. The molecule has 0 aliphatic rings. The number of hydrogen-bond donors (Lipinski definition) is 1. The van der Waals surface area contributed by atoms with E-state index in [2.05, 4.69) is 49.1 Å². The van der Waals surface area contributed by atoms with Gasteiger partial charge in [-0.25, -0.2) is 0 Å². The highest BCUT2D eigenvalue weighted by molar-refractivity contribution is 5.08. The monoisotopic (exact) mass is 263 g/mol. The highest BCUT2D eigenvalue weighted by Crippen LogP contribution is 2.15. The number of likely N-dealkylation sites (N-methyl/N-ethyl adjacent to an activating group) is 2. The summed E-state index contributed by atoms with van der Waals surface area (Å²) in [6, 6.07) is 5.33. The van der Waals surface area contributed by atoms with Crippen LogP contribution in [0.15, 0.2) is 24.5 Å². The van der Waals surface area contributed by atoms with Crippen molar-refractivity contribution in [3.8, 4) is 0 Å². The highest BCUT2D eigenvalue weighted by Gasteiger charge is 2.22. The van der Waals surface area contributed by atoms with Gasteiger partial charge in [0.25, 0.3) is 0 Å². The fourth-order valence-electron chi connectivity index (χ4n) is 2.80. The number of hydrogen-bond acceptors (Lipinski definition) is 3. The minimum Gasteiger partial charge on any atom is -0.313 e. The summed E-state index contributed by atoms with van der Waals surface area (Å²) in [6.45, 7) is 8.75. The summed E-state index contributed by atoms with van der Waals surface area (Å²) >= 11 is 0. The molecule has 1 aromatic rings. The maximum atomic E-state index is 4.20. The van der Waals surface area contributed by atoms with Gasteiger partial charge in [0.05, 0.1) is 0 Å². The molecule has 0 aromatic carbocycles. The van der Waals surface area contributed by atoms with Gasteiger partial charge in [0.15, 0.2) is 0 Å². The van der Waals surface area contributed by atoms with E-state index in [1.165, 1.54) is 24.8 Å². The summed E-state index contributed by atoms with van der Waals surface area (Å²) in [6.07, 6.45) is 7.44. The number of nitrogens with zero attached hydrogens (tertiary/aromatic N) is 2. The average molecular weight is 263 g/mol. The van der Waals surface area contributed by atoms with Gasteiger partial charge in [0.2, 0.25) is 0 Å². The van der Waals surface area contributed by atoms with Gasteiger partial charge in [-0.15, -0.1) is 0 Å². The second-order valence-electron chi connectivity index (χ2n) is 5.20. The van der Waals surface area contributed by atoms with Gasteiger partial charge in [-0.05, 0) is 38.1 Å². The van der Waals surface area contributed by atoms with E-state index in [1.54, 1.807) is 0 Å². The molecule has 3 nitrogen and oxygen atoms in total. The molecule has 1 aromatic heterocycles. The molecule has 0 amide bonds. The van der Waals surface area contributed by atoms with Gasteiger partial charge in [0, 0.05) is 31.0 Å². The van der Waals surface area contributed by atoms with Crippen LogP contribution in [-0.2, 0) is 6.54 Å². The molecule has 0 saturated heterocycles. The maximum absolute atomic E-state index is 4.20. The Morgan fingerprint density at radius 2 is 2.11 bits per heavy atom. The fourth-order valence-corrected chi connectivity index (χ4v) is 2.80. The fraction of sp³-hybridized carbons (Fsp3) is 0.688. The molecule has 1 rings (SSSR count). The third-order valence-electron chi connectivity index (χ3n) is 3.67. The van der Waals surface area contributed by atoms with Gasteiger partial charge in [-0.3, -0.25) is 9.88 Å². The second-order valence-corrected chi connectivity index (χ2v) is 5.20. The lowest BCUT2D eigenvalue weighted by Crippen LogP contribution is -2.48. The molecule has 0 saturated carbocycles. The number of pyridine rings is 1. The van der Waals surface area contributed by atoms with Crippen molar-refractivity contribution in [3.63, 3.8) is 0 Å². The van der Waals surface area contributed by atoms with Gasteiger partial charge >= 0.3 is 0 Å². The molecule has 0 radical (unpaired) electrons. The van der Waals surface area contributed by atoms with Crippen LogP contribution in [0, 0.1) is 0 Å². The van der Waals surface area contributed by atoms with E-state index in [9.17, 15) is 0 Å². The molecule has 3 heteroatoms. The molecule has 0 aliphatic heterocycles. The largest absolute Gasteiger partial charge is 0.313 e. The smallest absolute Gasteiger partial charge is 0.0312 e. The van der Waals surface area contributed by atoms with Crippen molar-refractivity contribution >= 4 is 0 Å². The summed E-state index contributed by atoms with van der Waals surface area (Å²) in [5.74, 6) is 0. The Morgan fingerprint density at radius 3 is 2.63 bits per heavy atom. The van der Waals surface area contributed by atoms with Crippen molar-refractivity contribution in [1.29, 1.82) is 0 Å². The minimum atomic E-state index is 0.583. The Balaban J connectivity index is 2.65. The molecule has 108 valence electrons. The van der Waals surface area contributed by atoms with E-state index < -0.39 is 0 Å². The lowest BCUT2D eigenvalue weighted by atomic mass is 9.99. The average Bonchev–Trinajstić information content (AvgIpc) is 2.41. The van der Waals surface area contributed by atoms with Crippen LogP contribution in [0.25, 0.3) is 0 Å². The third-order valence-corrected chi connectivity index (χ3v) is 3.67. The lowest BCUT2D eigenvalue weighted by Gasteiger charge is -2.34. The molecule has 0 bridgehead atoms. The third kappa shape index (κ3) is 5.29. The molecule has 19 heavy (non-hydrogen) atoms. The van der Waals surface area contributed by atoms with Crippen LogP contribution in [0.1, 0.15) is 45.6 Å². The van der Waals surface area contributed by atoms with Gasteiger partial charge in [-0.1, -0.05) is 33.3 Å². The van der Waals surface area contributed by atoms with Crippen LogP contribution in [0.2, 0.25) is 0 Å². The SMILES string of the molecule is CCCC(NCC)C(CC)N(C)Cc1cccnc1. The summed E-state index contributed by atoms with van der Waals surface area (Å²) in [4.78, 5) is 6.66. The van der Waals surface area contributed by atoms with Crippen molar-refractivity contribution in [3.05, 3.63) is 30.1 Å². The Morgan fingerprint density at radius 1 is 1.32 bits per heavy atom. The Kier molecular flexibility index (Phi) is 7.68. The molecular formula is C16H29N3. The molecule has 0 spiro atoms. The first-order chi connectivity index (χ1) is 9.22. The lowest BCUT2D eigenvalue weighted by molar-refractivity contribution is 0.173. The standard InChI is InChI=1S/C16H29N3/c1-5-9-15(18-7-3)16(6-2)19(4)13-14-10-8-11-17-12-14/h8,10-12,15-16,18H,5-7,9,13H2,1-4H3. The van der Waals surface area contributed by atoms with Gasteiger partial charge < -0.3 is 5.32 Å². The summed E-state index contributed by atoms with van der Waals surface area (Å²) < 4.78 is 0. The second kappa shape index (κ2) is 9.05. The number of nitrogens with one attached hydrogen (secondary N) is 1. The van der Waals surface area contributed by atoms with E-state index in [4.69, 9.17) is 0 Å². The van der Waals surface area contributed by atoms with Crippen LogP contribution in [0.4, 0.5) is 0 Å². The van der Waals surface area contributed by atoms with Crippen molar-refractivity contribution in [2.24, 2.45) is 0 Å². The maximum Gasteiger partial charge on any atom is 0.0312 e. The molecule has 0 fully saturated rings. The van der Waals surface area contributed by atoms with Crippen molar-refractivity contribution in [1.82, 2.24) is 15.2 Å².